The number of hydrogen-bond acceptors (Lipinski definition) is 6. The molecule has 0 saturated carbocycles. The van der Waals surface area contributed by atoms with Crippen LogP contribution in [-0.4, -0.2) is 61.8 Å². The minimum absolute atomic E-state index is 0.136. The Morgan fingerprint density at radius 3 is 2.35 bits per heavy atom. The maximum atomic E-state index is 13.7. The number of carbonyl (C=O) groups is 1. The fraction of sp³-hybridized carbons (Fsp3) is 0.300. The molecule has 8 nitrogen and oxygen atoms in total. The molecule has 0 aliphatic carbocycles. The lowest BCUT2D eigenvalue weighted by Gasteiger charge is -2.34. The monoisotopic (exact) mass is 431 g/mol. The van der Waals surface area contributed by atoms with E-state index in [2.05, 4.69) is 15.1 Å². The number of piperazine rings is 1. The van der Waals surface area contributed by atoms with Crippen molar-refractivity contribution >= 4 is 11.7 Å². The lowest BCUT2D eigenvalue weighted by molar-refractivity contribution is -0.138. The highest BCUT2D eigenvalue weighted by Crippen LogP contribution is 2.35. The maximum Gasteiger partial charge on any atom is 0.416 e. The molecule has 0 spiro atoms. The van der Waals surface area contributed by atoms with E-state index in [1.54, 1.807) is 11.0 Å². The van der Waals surface area contributed by atoms with E-state index in [1.165, 1.54) is 41.9 Å². The van der Waals surface area contributed by atoms with Gasteiger partial charge in [-0.2, -0.15) is 23.0 Å². The number of nitrogen functional groups attached to an aromatic ring is 1. The first-order chi connectivity index (χ1) is 14.8. The molecule has 0 unspecified atom stereocenters. The van der Waals surface area contributed by atoms with Crippen LogP contribution in [0, 0.1) is 0 Å². The van der Waals surface area contributed by atoms with E-state index in [0.717, 1.165) is 6.07 Å². The molecular formula is C20H20F3N7O. The van der Waals surface area contributed by atoms with Gasteiger partial charge in [0.05, 0.1) is 23.6 Å². The van der Waals surface area contributed by atoms with Crippen molar-refractivity contribution in [2.24, 2.45) is 0 Å². The second-order valence-electron chi connectivity index (χ2n) is 7.26. The minimum atomic E-state index is -4.49. The van der Waals surface area contributed by atoms with Crippen LogP contribution in [0.2, 0.25) is 0 Å². The first kappa shape index (κ1) is 20.8. The molecule has 3 heterocycles. The molecule has 31 heavy (non-hydrogen) atoms. The molecule has 11 heteroatoms. The van der Waals surface area contributed by atoms with Crippen LogP contribution in [0.1, 0.15) is 11.1 Å². The van der Waals surface area contributed by atoms with E-state index < -0.39 is 11.7 Å². The normalized spacial score (nSPS) is 15.3. The van der Waals surface area contributed by atoms with Crippen LogP contribution in [0.15, 0.2) is 49.3 Å². The average molecular weight is 431 g/mol. The van der Waals surface area contributed by atoms with E-state index in [4.69, 9.17) is 5.73 Å². The number of rotatable bonds is 3. The Hall–Kier alpha value is -3.47. The predicted molar refractivity (Wildman–Crippen MR) is 107 cm³/mol. The third kappa shape index (κ3) is 4.66. The topological polar surface area (TPSA) is 93.2 Å². The molecule has 162 valence electrons. The van der Waals surface area contributed by atoms with E-state index in [0.29, 0.717) is 43.0 Å². The molecule has 1 aromatic carbocycles. The number of anilines is 1. The standard InChI is InChI=1S/C20H20F3N7O/c21-20(22,23)18-7-14(16-8-25-13-26-9-16)1-2-15(18)11-28-3-5-29(6-4-28)19(31)30-12-17(24)10-27-30/h1-2,7-10,12-13H,3-6,11,24H2. The fourth-order valence-corrected chi connectivity index (χ4v) is 3.53. The lowest BCUT2D eigenvalue weighted by Crippen LogP contribution is -2.49. The number of hydrogen-bond donors (Lipinski definition) is 1. The van der Waals surface area contributed by atoms with Crippen molar-refractivity contribution in [2.45, 2.75) is 12.7 Å². The molecule has 2 aromatic heterocycles. The summed E-state index contributed by atoms with van der Waals surface area (Å²) in [5.74, 6) is 0. The zero-order valence-electron chi connectivity index (χ0n) is 16.5. The summed E-state index contributed by atoms with van der Waals surface area (Å²) < 4.78 is 42.4. The molecule has 0 atom stereocenters. The highest BCUT2D eigenvalue weighted by molar-refractivity contribution is 5.76. The van der Waals surface area contributed by atoms with Gasteiger partial charge in [0.1, 0.15) is 6.33 Å². The summed E-state index contributed by atoms with van der Waals surface area (Å²) in [5.41, 5.74) is 6.41. The highest BCUT2D eigenvalue weighted by Gasteiger charge is 2.34. The van der Waals surface area contributed by atoms with Gasteiger partial charge in [-0.1, -0.05) is 12.1 Å². The van der Waals surface area contributed by atoms with E-state index in [9.17, 15) is 18.0 Å². The van der Waals surface area contributed by atoms with E-state index >= 15 is 0 Å². The fourth-order valence-electron chi connectivity index (χ4n) is 3.53. The number of carbonyl (C=O) groups excluding carboxylic acids is 1. The van der Waals surface area contributed by atoms with Crippen LogP contribution in [0.3, 0.4) is 0 Å². The van der Waals surface area contributed by atoms with E-state index in [-0.39, 0.29) is 18.1 Å². The van der Waals surface area contributed by atoms with Crippen molar-refractivity contribution in [2.75, 3.05) is 31.9 Å². The van der Waals surface area contributed by atoms with Crippen molar-refractivity contribution in [1.82, 2.24) is 29.5 Å². The molecular weight excluding hydrogens is 411 g/mol. The molecule has 0 bridgehead atoms. The Labute approximate surface area is 176 Å². The second kappa shape index (κ2) is 8.34. The summed E-state index contributed by atoms with van der Waals surface area (Å²) in [5, 5.41) is 3.90. The number of alkyl halides is 3. The van der Waals surface area contributed by atoms with Crippen molar-refractivity contribution in [3.63, 3.8) is 0 Å². The van der Waals surface area contributed by atoms with Crippen molar-refractivity contribution in [3.8, 4) is 11.1 Å². The van der Waals surface area contributed by atoms with Gasteiger partial charge in [0.15, 0.2) is 0 Å². The largest absolute Gasteiger partial charge is 0.416 e. The third-order valence-electron chi connectivity index (χ3n) is 5.14. The first-order valence-electron chi connectivity index (χ1n) is 9.58. The summed E-state index contributed by atoms with van der Waals surface area (Å²) in [6.45, 7) is 1.82. The second-order valence-corrected chi connectivity index (χ2v) is 7.26. The van der Waals surface area contributed by atoms with Gasteiger partial charge in [0.25, 0.3) is 0 Å². The molecule has 1 aliphatic heterocycles. The van der Waals surface area contributed by atoms with Crippen LogP contribution in [-0.2, 0) is 12.7 Å². The molecule has 1 saturated heterocycles. The van der Waals surface area contributed by atoms with Crippen molar-refractivity contribution in [1.29, 1.82) is 0 Å². The van der Waals surface area contributed by atoms with E-state index in [1.807, 2.05) is 4.90 Å². The quantitative estimate of drug-likeness (QED) is 0.686. The van der Waals surface area contributed by atoms with Crippen LogP contribution in [0.25, 0.3) is 11.1 Å². The Morgan fingerprint density at radius 2 is 1.74 bits per heavy atom. The Bertz CT molecular complexity index is 1060. The summed E-state index contributed by atoms with van der Waals surface area (Å²) in [6.07, 6.45) is 2.62. The Balaban J connectivity index is 1.46. The number of benzene rings is 1. The number of amides is 1. The predicted octanol–water partition coefficient (Wildman–Crippen LogP) is 2.73. The highest BCUT2D eigenvalue weighted by atomic mass is 19.4. The number of nitrogens with two attached hydrogens (primary N) is 1. The van der Waals surface area contributed by atoms with Gasteiger partial charge in [-0.3, -0.25) is 4.90 Å². The SMILES string of the molecule is Nc1cnn(C(=O)N2CCN(Cc3ccc(-c4cncnc4)cc3C(F)(F)F)CC2)c1. The van der Waals surface area contributed by atoms with Crippen molar-refractivity contribution in [3.05, 3.63) is 60.4 Å². The van der Waals surface area contributed by atoms with Gasteiger partial charge in [-0.25, -0.2) is 14.8 Å². The number of nitrogens with zero attached hydrogens (tertiary/aromatic N) is 6. The van der Waals surface area contributed by atoms with Gasteiger partial charge < -0.3 is 10.6 Å². The zero-order chi connectivity index (χ0) is 22.0. The van der Waals surface area contributed by atoms with Crippen LogP contribution in [0.4, 0.5) is 23.7 Å². The summed E-state index contributed by atoms with van der Waals surface area (Å²) in [7, 11) is 0. The zero-order valence-corrected chi connectivity index (χ0v) is 16.5. The Kier molecular flexibility index (Phi) is 5.59. The smallest absolute Gasteiger partial charge is 0.396 e. The first-order valence-corrected chi connectivity index (χ1v) is 9.58. The summed E-state index contributed by atoms with van der Waals surface area (Å²) >= 11 is 0. The number of aromatic nitrogens is 4. The van der Waals surface area contributed by atoms with Gasteiger partial charge in [-0.05, 0) is 17.2 Å². The van der Waals surface area contributed by atoms with Crippen LogP contribution >= 0.6 is 0 Å². The molecule has 1 amide bonds. The molecule has 3 aromatic rings. The molecule has 1 aliphatic rings. The number of halogens is 3. The van der Waals surface area contributed by atoms with Gasteiger partial charge in [-0.15, -0.1) is 0 Å². The van der Waals surface area contributed by atoms with Gasteiger partial charge in [0.2, 0.25) is 0 Å². The Morgan fingerprint density at radius 1 is 1.03 bits per heavy atom. The third-order valence-corrected chi connectivity index (χ3v) is 5.14. The average Bonchev–Trinajstić information content (AvgIpc) is 3.20. The summed E-state index contributed by atoms with van der Waals surface area (Å²) in [4.78, 5) is 23.7. The maximum absolute atomic E-state index is 13.7. The molecule has 0 radical (unpaired) electrons. The lowest BCUT2D eigenvalue weighted by atomic mass is 9.99. The van der Waals surface area contributed by atoms with Crippen LogP contribution in [0.5, 0.6) is 0 Å². The molecule has 2 N–H and O–H groups in total. The van der Waals surface area contributed by atoms with Gasteiger partial charge in [0, 0.05) is 50.7 Å². The van der Waals surface area contributed by atoms with Crippen molar-refractivity contribution < 1.29 is 18.0 Å². The van der Waals surface area contributed by atoms with Gasteiger partial charge >= 0.3 is 12.2 Å². The molecule has 4 rings (SSSR count). The summed E-state index contributed by atoms with van der Waals surface area (Å²) in [6, 6.07) is 3.97. The van der Waals surface area contributed by atoms with Crippen LogP contribution < -0.4 is 5.73 Å². The minimum Gasteiger partial charge on any atom is -0.396 e. The molecule has 1 fully saturated rings.